The zero-order chi connectivity index (χ0) is 18.1. The smallest absolute Gasteiger partial charge is 0.258 e. The molecular formula is C7H2ClN5O10. The van der Waals surface area contributed by atoms with Gasteiger partial charge in [0, 0.05) is 0 Å². The van der Waals surface area contributed by atoms with Gasteiger partial charge in [0.2, 0.25) is 0 Å². The van der Waals surface area contributed by atoms with Crippen molar-refractivity contribution in [2.45, 2.75) is 5.12 Å². The van der Waals surface area contributed by atoms with Crippen molar-refractivity contribution in [2.24, 2.45) is 0 Å². The number of nitro benzene ring substituents is 3. The maximum Gasteiger partial charge on any atom is 0.577 e. The number of hydrogen-bond donors (Lipinski definition) is 0. The van der Waals surface area contributed by atoms with Crippen LogP contribution >= 0.6 is 11.6 Å². The third kappa shape index (κ3) is 2.79. The number of rotatable bonds is 6. The van der Waals surface area contributed by atoms with Gasteiger partial charge in [0.1, 0.15) is 9.85 Å². The summed E-state index contributed by atoms with van der Waals surface area (Å²) in [6.45, 7) is 0. The molecule has 0 unspecified atom stereocenters. The molecule has 0 fully saturated rings. The van der Waals surface area contributed by atoms with Gasteiger partial charge in [0.15, 0.2) is 0 Å². The van der Waals surface area contributed by atoms with E-state index in [0.717, 1.165) is 0 Å². The highest BCUT2D eigenvalue weighted by Gasteiger charge is 2.65. The predicted molar refractivity (Wildman–Crippen MR) is 67.9 cm³/mol. The molecule has 1 aromatic rings. The van der Waals surface area contributed by atoms with Crippen LogP contribution in [0, 0.1) is 50.6 Å². The first kappa shape index (κ1) is 17.6. The molecule has 1 rings (SSSR count). The number of hydrogen-bond acceptors (Lipinski definition) is 10. The molecule has 0 atom stereocenters. The van der Waals surface area contributed by atoms with E-state index < -0.39 is 52.4 Å². The van der Waals surface area contributed by atoms with E-state index in [1.165, 1.54) is 0 Å². The maximum atomic E-state index is 10.9. The van der Waals surface area contributed by atoms with Gasteiger partial charge in [0.25, 0.3) is 11.3 Å². The first-order valence-electron chi connectivity index (χ1n) is 5.04. The third-order valence-electron chi connectivity index (χ3n) is 2.49. The fraction of sp³-hybridized carbons (Fsp3) is 0.143. The van der Waals surface area contributed by atoms with Crippen molar-refractivity contribution in [1.82, 2.24) is 0 Å². The molecule has 0 aliphatic heterocycles. The number of non-ortho nitro benzene ring substituents is 1. The summed E-state index contributed by atoms with van der Waals surface area (Å²) in [5, 5.41) is 50.3. The number of alkyl halides is 1. The van der Waals surface area contributed by atoms with Crippen LogP contribution in [0.25, 0.3) is 0 Å². The molecule has 0 heterocycles. The van der Waals surface area contributed by atoms with Gasteiger partial charge in [-0.15, -0.1) is 0 Å². The standard InChI is InChI=1S/C7H2ClN5O10/c8-7(12(20)21,13(22)23)6-4(10(16)17)1-3(9(14)15)2-5(6)11(18)19/h1-2H. The van der Waals surface area contributed by atoms with E-state index in [4.69, 9.17) is 11.6 Å². The van der Waals surface area contributed by atoms with Crippen molar-refractivity contribution in [2.75, 3.05) is 0 Å². The summed E-state index contributed by atoms with van der Waals surface area (Å²) in [6.07, 6.45) is 0. The second-order valence-electron chi connectivity index (χ2n) is 3.73. The molecule has 1 aromatic carbocycles. The summed E-state index contributed by atoms with van der Waals surface area (Å²) in [7, 11) is 0. The Morgan fingerprint density at radius 2 is 1.09 bits per heavy atom. The minimum Gasteiger partial charge on any atom is -0.258 e. The van der Waals surface area contributed by atoms with Gasteiger partial charge in [-0.1, -0.05) is 0 Å². The molecule has 0 radical (unpaired) electrons. The highest BCUT2D eigenvalue weighted by molar-refractivity contribution is 6.22. The number of nitrogens with zero attached hydrogens (tertiary/aromatic N) is 5. The van der Waals surface area contributed by atoms with E-state index in [0.29, 0.717) is 0 Å². The molecule has 0 saturated heterocycles. The van der Waals surface area contributed by atoms with Gasteiger partial charge in [-0.2, -0.15) is 0 Å². The Balaban J connectivity index is 4.07. The molecule has 122 valence electrons. The molecule has 15 nitrogen and oxygen atoms in total. The molecule has 0 saturated carbocycles. The lowest BCUT2D eigenvalue weighted by molar-refractivity contribution is -0.779. The van der Waals surface area contributed by atoms with Crippen LogP contribution in [0.3, 0.4) is 0 Å². The van der Waals surface area contributed by atoms with Crippen LogP contribution in [0.4, 0.5) is 17.1 Å². The van der Waals surface area contributed by atoms with Crippen LogP contribution in [-0.2, 0) is 5.12 Å². The number of benzene rings is 1. The van der Waals surface area contributed by atoms with Crippen LogP contribution in [0.1, 0.15) is 5.56 Å². The van der Waals surface area contributed by atoms with Crippen molar-refractivity contribution in [3.8, 4) is 0 Å². The molecule has 0 amide bonds. The Kier molecular flexibility index (Phi) is 4.36. The zero-order valence-corrected chi connectivity index (χ0v) is 11.1. The second-order valence-corrected chi connectivity index (χ2v) is 4.26. The van der Waals surface area contributed by atoms with Crippen LogP contribution < -0.4 is 0 Å². The molecule has 0 aliphatic rings. The zero-order valence-electron chi connectivity index (χ0n) is 10.4. The van der Waals surface area contributed by atoms with Crippen molar-refractivity contribution < 1.29 is 24.6 Å². The average molecular weight is 352 g/mol. The normalized spacial score (nSPS) is 10.8. The Bertz CT molecular complexity index is 713. The van der Waals surface area contributed by atoms with Crippen molar-refractivity contribution >= 4 is 28.7 Å². The van der Waals surface area contributed by atoms with Gasteiger partial charge < -0.3 is 0 Å². The van der Waals surface area contributed by atoms with Crippen LogP contribution in [0.5, 0.6) is 0 Å². The summed E-state index contributed by atoms with van der Waals surface area (Å²) in [4.78, 5) is 46.4. The molecule has 16 heteroatoms. The summed E-state index contributed by atoms with van der Waals surface area (Å²) < 4.78 is 0. The van der Waals surface area contributed by atoms with Crippen molar-refractivity contribution in [3.05, 3.63) is 68.3 Å². The molecular weight excluding hydrogens is 350 g/mol. The van der Waals surface area contributed by atoms with Crippen LogP contribution in [0.2, 0.25) is 0 Å². The Morgan fingerprint density at radius 3 is 1.30 bits per heavy atom. The fourth-order valence-corrected chi connectivity index (χ4v) is 1.76. The van der Waals surface area contributed by atoms with E-state index in [9.17, 15) is 50.6 Å². The van der Waals surface area contributed by atoms with Gasteiger partial charge >= 0.3 is 16.5 Å². The average Bonchev–Trinajstić information content (AvgIpc) is 2.43. The molecule has 0 aromatic heterocycles. The van der Waals surface area contributed by atoms with Crippen LogP contribution in [-0.4, -0.2) is 24.6 Å². The van der Waals surface area contributed by atoms with E-state index in [-0.39, 0.29) is 12.1 Å². The molecule has 0 aliphatic carbocycles. The topological polar surface area (TPSA) is 216 Å². The van der Waals surface area contributed by atoms with Gasteiger partial charge in [-0.05, 0) is 0 Å². The molecule has 0 N–H and O–H groups in total. The largest absolute Gasteiger partial charge is 0.577 e. The summed E-state index contributed by atoms with van der Waals surface area (Å²) in [6, 6.07) is 0.207. The first-order valence-corrected chi connectivity index (χ1v) is 5.42. The monoisotopic (exact) mass is 351 g/mol. The van der Waals surface area contributed by atoms with Gasteiger partial charge in [0.05, 0.1) is 38.5 Å². The summed E-state index contributed by atoms with van der Waals surface area (Å²) >= 11 is 5.19. The van der Waals surface area contributed by atoms with Crippen molar-refractivity contribution in [1.29, 1.82) is 0 Å². The lowest BCUT2D eigenvalue weighted by Gasteiger charge is -2.10. The lowest BCUT2D eigenvalue weighted by Crippen LogP contribution is -2.38. The quantitative estimate of drug-likeness (QED) is 0.235. The third-order valence-corrected chi connectivity index (χ3v) is 2.95. The minimum absolute atomic E-state index is 0.104. The Labute approximate surface area is 127 Å². The molecule has 0 bridgehead atoms. The van der Waals surface area contributed by atoms with E-state index in [2.05, 4.69) is 0 Å². The predicted octanol–water partition coefficient (Wildman–Crippen LogP) is 1.31. The Morgan fingerprint density at radius 1 is 0.739 bits per heavy atom. The SMILES string of the molecule is O=[N+]([O-])c1cc([N+](=O)[O-])c(C(Cl)([N+](=O)[O-])[N+](=O)[O-])c([N+](=O)[O-])c1. The van der Waals surface area contributed by atoms with Gasteiger partial charge in [-0.3, -0.25) is 50.6 Å². The molecule has 0 spiro atoms. The number of nitro groups is 5. The minimum atomic E-state index is -3.97. The number of halogens is 1. The van der Waals surface area contributed by atoms with Gasteiger partial charge in [-0.25, -0.2) is 0 Å². The second kappa shape index (κ2) is 5.72. The Hall–Kier alpha value is -3.49. The molecule has 23 heavy (non-hydrogen) atoms. The summed E-state index contributed by atoms with van der Waals surface area (Å²) in [5.74, 6) is 0. The first-order chi connectivity index (χ1) is 10.4. The van der Waals surface area contributed by atoms with Crippen LogP contribution in [0.15, 0.2) is 12.1 Å². The van der Waals surface area contributed by atoms with Crippen molar-refractivity contribution in [3.63, 3.8) is 0 Å². The van der Waals surface area contributed by atoms with E-state index in [1.807, 2.05) is 0 Å². The highest BCUT2D eigenvalue weighted by Crippen LogP contribution is 2.44. The fourth-order valence-electron chi connectivity index (χ4n) is 1.57. The lowest BCUT2D eigenvalue weighted by atomic mass is 10.1. The van der Waals surface area contributed by atoms with E-state index >= 15 is 0 Å². The summed E-state index contributed by atoms with van der Waals surface area (Å²) in [5.41, 5.74) is -6.07. The van der Waals surface area contributed by atoms with E-state index in [1.54, 1.807) is 0 Å². The highest BCUT2D eigenvalue weighted by atomic mass is 35.5. The maximum absolute atomic E-state index is 10.9.